The molecule has 0 spiro atoms. The summed E-state index contributed by atoms with van der Waals surface area (Å²) in [6.07, 6.45) is 2.05. The van der Waals surface area contributed by atoms with Gasteiger partial charge in [-0.2, -0.15) is 0 Å². The van der Waals surface area contributed by atoms with Gasteiger partial charge < -0.3 is 5.73 Å². The molecule has 0 aromatic heterocycles. The molecule has 0 aromatic carbocycles. The zero-order valence-electron chi connectivity index (χ0n) is 8.86. The van der Waals surface area contributed by atoms with Gasteiger partial charge in [0, 0.05) is 12.6 Å². The molecule has 0 heterocycles. The maximum absolute atomic E-state index is 11.3. The fourth-order valence-electron chi connectivity index (χ4n) is 0.770. The van der Waals surface area contributed by atoms with Crippen LogP contribution in [0.1, 0.15) is 20.3 Å². The van der Waals surface area contributed by atoms with Crippen LogP contribution >= 0.6 is 0 Å². The van der Waals surface area contributed by atoms with Crippen molar-refractivity contribution >= 4 is 10.0 Å². The van der Waals surface area contributed by atoms with Crippen molar-refractivity contribution in [3.8, 4) is 0 Å². The fraction of sp³-hybridized carbons (Fsp3) is 0.778. The van der Waals surface area contributed by atoms with Gasteiger partial charge in [0.25, 0.3) is 0 Å². The second-order valence-electron chi connectivity index (χ2n) is 3.65. The molecule has 4 nitrogen and oxygen atoms in total. The molecule has 0 amide bonds. The lowest BCUT2D eigenvalue weighted by Gasteiger charge is -2.15. The van der Waals surface area contributed by atoms with Gasteiger partial charge in [0.05, 0.1) is 5.75 Å². The standard InChI is InChI=1S/C9H20N2O2S/c1-4-5-6-14(12,13)11-7-9(10)8(2)3/h4,8-9,11H,1,5-7,10H2,2-3H3/t9-/m0/s1. The number of rotatable bonds is 7. The monoisotopic (exact) mass is 220 g/mol. The molecule has 0 unspecified atom stereocenters. The zero-order chi connectivity index (χ0) is 11.2. The summed E-state index contributed by atoms with van der Waals surface area (Å²) in [4.78, 5) is 0. The van der Waals surface area contributed by atoms with E-state index < -0.39 is 10.0 Å². The molecule has 0 bridgehead atoms. The number of hydrogen-bond donors (Lipinski definition) is 2. The quantitative estimate of drug-likeness (QED) is 0.612. The molecule has 0 saturated carbocycles. The third-order valence-electron chi connectivity index (χ3n) is 1.99. The van der Waals surface area contributed by atoms with E-state index >= 15 is 0 Å². The molecule has 1 atom stereocenters. The summed E-state index contributed by atoms with van der Waals surface area (Å²) in [6, 6.07) is -0.131. The molecule has 0 aliphatic heterocycles. The van der Waals surface area contributed by atoms with Crippen LogP contribution in [-0.4, -0.2) is 26.8 Å². The average molecular weight is 220 g/mol. The molecule has 84 valence electrons. The third kappa shape index (κ3) is 6.12. The van der Waals surface area contributed by atoms with Gasteiger partial charge in [-0.3, -0.25) is 0 Å². The minimum Gasteiger partial charge on any atom is -0.326 e. The number of sulfonamides is 1. The van der Waals surface area contributed by atoms with E-state index in [4.69, 9.17) is 5.73 Å². The highest BCUT2D eigenvalue weighted by molar-refractivity contribution is 7.89. The predicted molar refractivity (Wildman–Crippen MR) is 59.4 cm³/mol. The Morgan fingerprint density at radius 3 is 2.50 bits per heavy atom. The summed E-state index contributed by atoms with van der Waals surface area (Å²) >= 11 is 0. The van der Waals surface area contributed by atoms with E-state index in [2.05, 4.69) is 11.3 Å². The second kappa shape index (κ2) is 6.16. The Bertz CT molecular complexity index is 260. The Kier molecular flexibility index (Phi) is 5.99. The van der Waals surface area contributed by atoms with Gasteiger partial charge in [-0.25, -0.2) is 13.1 Å². The molecule has 0 rings (SSSR count). The maximum Gasteiger partial charge on any atom is 0.211 e. The van der Waals surface area contributed by atoms with E-state index in [9.17, 15) is 8.42 Å². The Labute approximate surface area is 86.6 Å². The van der Waals surface area contributed by atoms with Crippen LogP contribution < -0.4 is 10.5 Å². The summed E-state index contributed by atoms with van der Waals surface area (Å²) in [5.74, 6) is 0.360. The number of hydrogen-bond acceptors (Lipinski definition) is 3. The summed E-state index contributed by atoms with van der Waals surface area (Å²) in [5.41, 5.74) is 5.71. The molecule has 0 aliphatic carbocycles. The normalized spacial score (nSPS) is 14.3. The predicted octanol–water partition coefficient (Wildman–Crippen LogP) is 0.465. The van der Waals surface area contributed by atoms with Crippen molar-refractivity contribution in [3.63, 3.8) is 0 Å². The topological polar surface area (TPSA) is 72.2 Å². The van der Waals surface area contributed by atoms with Crippen LogP contribution in [0.5, 0.6) is 0 Å². The largest absolute Gasteiger partial charge is 0.326 e. The molecule has 5 heteroatoms. The van der Waals surface area contributed by atoms with Gasteiger partial charge in [-0.05, 0) is 12.3 Å². The summed E-state index contributed by atoms with van der Waals surface area (Å²) in [5, 5.41) is 0. The van der Waals surface area contributed by atoms with E-state index in [0.717, 1.165) is 0 Å². The van der Waals surface area contributed by atoms with Crippen LogP contribution in [0.15, 0.2) is 12.7 Å². The highest BCUT2D eigenvalue weighted by atomic mass is 32.2. The van der Waals surface area contributed by atoms with Crippen LogP contribution in [0.4, 0.5) is 0 Å². The van der Waals surface area contributed by atoms with E-state index in [1.54, 1.807) is 6.08 Å². The first-order valence-electron chi connectivity index (χ1n) is 4.73. The van der Waals surface area contributed by atoms with Crippen molar-refractivity contribution < 1.29 is 8.42 Å². The molecular weight excluding hydrogens is 200 g/mol. The van der Waals surface area contributed by atoms with Crippen LogP contribution in [0, 0.1) is 5.92 Å². The second-order valence-corrected chi connectivity index (χ2v) is 5.58. The number of nitrogens with one attached hydrogen (secondary N) is 1. The minimum absolute atomic E-state index is 0.0846. The van der Waals surface area contributed by atoms with Crippen LogP contribution in [0.25, 0.3) is 0 Å². The van der Waals surface area contributed by atoms with Gasteiger partial charge in [-0.1, -0.05) is 19.9 Å². The van der Waals surface area contributed by atoms with Crippen LogP contribution in [-0.2, 0) is 10.0 Å². The van der Waals surface area contributed by atoms with Gasteiger partial charge >= 0.3 is 0 Å². The SMILES string of the molecule is C=CCCS(=O)(=O)NC[C@H](N)C(C)C. The van der Waals surface area contributed by atoms with Gasteiger partial charge in [0.2, 0.25) is 10.0 Å². The average Bonchev–Trinajstić information content (AvgIpc) is 2.11. The van der Waals surface area contributed by atoms with Gasteiger partial charge in [-0.15, -0.1) is 6.58 Å². The van der Waals surface area contributed by atoms with Crippen molar-refractivity contribution in [1.29, 1.82) is 0 Å². The third-order valence-corrected chi connectivity index (χ3v) is 3.37. The molecule has 0 saturated heterocycles. The van der Waals surface area contributed by atoms with E-state index in [1.807, 2.05) is 13.8 Å². The van der Waals surface area contributed by atoms with Crippen LogP contribution in [0.3, 0.4) is 0 Å². The van der Waals surface area contributed by atoms with Gasteiger partial charge in [0.1, 0.15) is 0 Å². The van der Waals surface area contributed by atoms with E-state index in [-0.39, 0.29) is 17.7 Å². The molecule has 0 aliphatic rings. The maximum atomic E-state index is 11.3. The van der Waals surface area contributed by atoms with Gasteiger partial charge in [0.15, 0.2) is 0 Å². The first-order valence-corrected chi connectivity index (χ1v) is 6.38. The lowest BCUT2D eigenvalue weighted by Crippen LogP contribution is -2.41. The van der Waals surface area contributed by atoms with Crippen molar-refractivity contribution in [3.05, 3.63) is 12.7 Å². The Morgan fingerprint density at radius 2 is 2.07 bits per heavy atom. The molecule has 0 radical (unpaired) electrons. The van der Waals surface area contributed by atoms with Crippen molar-refractivity contribution in [2.24, 2.45) is 11.7 Å². The fourth-order valence-corrected chi connectivity index (χ4v) is 1.84. The van der Waals surface area contributed by atoms with Crippen molar-refractivity contribution in [2.45, 2.75) is 26.3 Å². The van der Waals surface area contributed by atoms with E-state index in [1.165, 1.54) is 0 Å². The number of allylic oxidation sites excluding steroid dienone is 1. The minimum atomic E-state index is -3.17. The summed E-state index contributed by atoms with van der Waals surface area (Å²) in [6.45, 7) is 7.70. The summed E-state index contributed by atoms with van der Waals surface area (Å²) in [7, 11) is -3.17. The van der Waals surface area contributed by atoms with Crippen molar-refractivity contribution in [1.82, 2.24) is 4.72 Å². The zero-order valence-corrected chi connectivity index (χ0v) is 9.68. The lowest BCUT2D eigenvalue weighted by atomic mass is 10.1. The highest BCUT2D eigenvalue weighted by Crippen LogP contribution is 1.98. The Hall–Kier alpha value is -0.390. The van der Waals surface area contributed by atoms with Crippen LogP contribution in [0.2, 0.25) is 0 Å². The van der Waals surface area contributed by atoms with Crippen molar-refractivity contribution in [2.75, 3.05) is 12.3 Å². The molecule has 3 N–H and O–H groups in total. The van der Waals surface area contributed by atoms with E-state index in [0.29, 0.717) is 13.0 Å². The highest BCUT2D eigenvalue weighted by Gasteiger charge is 2.13. The summed E-state index contributed by atoms with van der Waals surface area (Å²) < 4.78 is 25.1. The molecule has 0 aromatic rings. The first kappa shape index (κ1) is 13.6. The molecular formula is C9H20N2O2S. The molecule has 14 heavy (non-hydrogen) atoms. The Balaban J connectivity index is 3.93. The number of nitrogens with two attached hydrogens (primary N) is 1. The smallest absolute Gasteiger partial charge is 0.211 e. The lowest BCUT2D eigenvalue weighted by molar-refractivity contribution is 0.481. The first-order chi connectivity index (χ1) is 6.39. The Morgan fingerprint density at radius 1 is 1.50 bits per heavy atom. The molecule has 0 fully saturated rings.